The number of nitrogens with one attached hydrogen (secondary N) is 1. The molecule has 1 aliphatic heterocycles. The van der Waals surface area contributed by atoms with Crippen LogP contribution in [0, 0.1) is 0 Å². The molecule has 0 radical (unpaired) electrons. The molecule has 0 spiro atoms. The molecule has 1 saturated heterocycles. The maximum Gasteiger partial charge on any atom is 0.251 e. The first-order valence-corrected chi connectivity index (χ1v) is 9.16. The predicted octanol–water partition coefficient (Wildman–Crippen LogP) is 3.22. The number of thioether (sulfide) groups is 2. The SMILES string of the molecule is O=C(NCC(O)c1ccco1)c1ccc(C2SCCS2)cc1. The number of hydrogen-bond donors (Lipinski definition) is 2. The molecular weight excluding hydrogens is 318 g/mol. The third-order valence-electron chi connectivity index (χ3n) is 3.39. The average Bonchev–Trinajstić information content (AvgIpc) is 3.25. The van der Waals surface area contributed by atoms with Gasteiger partial charge in [0.25, 0.3) is 5.91 Å². The van der Waals surface area contributed by atoms with Crippen LogP contribution >= 0.6 is 23.5 Å². The molecule has 1 atom stereocenters. The quantitative estimate of drug-likeness (QED) is 0.878. The van der Waals surface area contributed by atoms with E-state index in [1.807, 2.05) is 47.8 Å². The largest absolute Gasteiger partial charge is 0.467 e. The first kappa shape index (κ1) is 15.5. The molecule has 1 amide bonds. The lowest BCUT2D eigenvalue weighted by Gasteiger charge is -2.11. The van der Waals surface area contributed by atoms with Gasteiger partial charge in [0.1, 0.15) is 11.9 Å². The van der Waals surface area contributed by atoms with Crippen molar-refractivity contribution in [3.63, 3.8) is 0 Å². The smallest absolute Gasteiger partial charge is 0.251 e. The predicted molar refractivity (Wildman–Crippen MR) is 90.1 cm³/mol. The molecule has 116 valence electrons. The van der Waals surface area contributed by atoms with E-state index in [9.17, 15) is 9.90 Å². The van der Waals surface area contributed by atoms with Crippen LogP contribution in [0.2, 0.25) is 0 Å². The first-order valence-electron chi connectivity index (χ1n) is 7.07. The number of aliphatic hydroxyl groups is 1. The summed E-state index contributed by atoms with van der Waals surface area (Å²) in [5, 5.41) is 12.6. The summed E-state index contributed by atoms with van der Waals surface area (Å²) in [6.07, 6.45) is 0.669. The number of benzene rings is 1. The van der Waals surface area contributed by atoms with Crippen molar-refractivity contribution in [3.8, 4) is 0 Å². The average molecular weight is 335 g/mol. The van der Waals surface area contributed by atoms with E-state index in [1.165, 1.54) is 23.3 Å². The molecule has 0 bridgehead atoms. The van der Waals surface area contributed by atoms with E-state index in [0.29, 0.717) is 15.9 Å². The second kappa shape index (κ2) is 7.26. The summed E-state index contributed by atoms with van der Waals surface area (Å²) in [5.41, 5.74) is 1.85. The van der Waals surface area contributed by atoms with Gasteiger partial charge >= 0.3 is 0 Å². The van der Waals surface area contributed by atoms with Gasteiger partial charge in [-0.15, -0.1) is 23.5 Å². The van der Waals surface area contributed by atoms with Gasteiger partial charge in [-0.2, -0.15) is 0 Å². The summed E-state index contributed by atoms with van der Waals surface area (Å²) < 4.78 is 5.58. The Morgan fingerprint density at radius 2 is 2.00 bits per heavy atom. The van der Waals surface area contributed by atoms with Crippen LogP contribution in [0.3, 0.4) is 0 Å². The second-order valence-electron chi connectivity index (χ2n) is 4.94. The van der Waals surface area contributed by atoms with E-state index >= 15 is 0 Å². The topological polar surface area (TPSA) is 62.5 Å². The molecule has 0 aliphatic carbocycles. The second-order valence-corrected chi connectivity index (χ2v) is 7.66. The van der Waals surface area contributed by atoms with Gasteiger partial charge in [-0.25, -0.2) is 0 Å². The highest BCUT2D eigenvalue weighted by Crippen LogP contribution is 2.45. The molecule has 6 heteroatoms. The number of rotatable bonds is 5. The summed E-state index contributed by atoms with van der Waals surface area (Å²) >= 11 is 3.88. The minimum atomic E-state index is -0.829. The minimum Gasteiger partial charge on any atom is -0.467 e. The number of carbonyl (C=O) groups is 1. The molecule has 1 fully saturated rings. The number of carbonyl (C=O) groups excluding carboxylic acids is 1. The van der Waals surface area contributed by atoms with E-state index in [2.05, 4.69) is 5.32 Å². The van der Waals surface area contributed by atoms with Gasteiger partial charge in [0.05, 0.1) is 17.4 Å². The Morgan fingerprint density at radius 3 is 2.64 bits per heavy atom. The summed E-state index contributed by atoms with van der Waals surface area (Å²) in [7, 11) is 0. The fraction of sp³-hybridized carbons (Fsp3) is 0.312. The zero-order chi connectivity index (χ0) is 15.4. The van der Waals surface area contributed by atoms with Crippen LogP contribution in [0.25, 0.3) is 0 Å². The molecule has 3 rings (SSSR count). The summed E-state index contributed by atoms with van der Waals surface area (Å²) in [4.78, 5) is 12.1. The highest BCUT2D eigenvalue weighted by atomic mass is 32.2. The summed E-state index contributed by atoms with van der Waals surface area (Å²) in [6, 6.07) is 11.1. The lowest BCUT2D eigenvalue weighted by molar-refractivity contribution is 0.0901. The van der Waals surface area contributed by atoms with E-state index in [0.717, 1.165) is 0 Å². The fourth-order valence-electron chi connectivity index (χ4n) is 2.22. The lowest BCUT2D eigenvalue weighted by atomic mass is 10.1. The lowest BCUT2D eigenvalue weighted by Crippen LogP contribution is -2.28. The summed E-state index contributed by atoms with van der Waals surface area (Å²) in [5.74, 6) is 2.62. The molecule has 2 N–H and O–H groups in total. The van der Waals surface area contributed by atoms with Gasteiger partial charge in [0.2, 0.25) is 0 Å². The van der Waals surface area contributed by atoms with Gasteiger partial charge in [0, 0.05) is 17.1 Å². The molecule has 22 heavy (non-hydrogen) atoms. The van der Waals surface area contributed by atoms with Crippen LogP contribution in [-0.2, 0) is 0 Å². The molecule has 1 aliphatic rings. The van der Waals surface area contributed by atoms with Crippen molar-refractivity contribution in [1.82, 2.24) is 5.32 Å². The highest BCUT2D eigenvalue weighted by Gasteiger charge is 2.18. The highest BCUT2D eigenvalue weighted by molar-refractivity contribution is 8.19. The number of aliphatic hydroxyl groups excluding tert-OH is 1. The molecule has 0 saturated carbocycles. The normalized spacial score (nSPS) is 16.6. The van der Waals surface area contributed by atoms with Crippen LogP contribution in [0.1, 0.15) is 32.4 Å². The van der Waals surface area contributed by atoms with Gasteiger partial charge < -0.3 is 14.8 Å². The van der Waals surface area contributed by atoms with Crippen molar-refractivity contribution < 1.29 is 14.3 Å². The number of amides is 1. The van der Waals surface area contributed by atoms with Crippen molar-refractivity contribution in [2.45, 2.75) is 10.7 Å². The third kappa shape index (κ3) is 3.69. The Hall–Kier alpha value is -1.37. The van der Waals surface area contributed by atoms with Crippen molar-refractivity contribution >= 4 is 29.4 Å². The van der Waals surface area contributed by atoms with Crippen molar-refractivity contribution in [3.05, 3.63) is 59.5 Å². The van der Waals surface area contributed by atoms with Crippen molar-refractivity contribution in [2.24, 2.45) is 0 Å². The zero-order valence-electron chi connectivity index (χ0n) is 11.9. The molecule has 4 nitrogen and oxygen atoms in total. The third-order valence-corrected chi connectivity index (χ3v) is 6.50. The summed E-state index contributed by atoms with van der Waals surface area (Å²) in [6.45, 7) is 0.127. The van der Waals surface area contributed by atoms with Crippen LogP contribution in [0.15, 0.2) is 47.1 Å². The molecule has 2 heterocycles. The van der Waals surface area contributed by atoms with E-state index in [-0.39, 0.29) is 12.5 Å². The minimum absolute atomic E-state index is 0.127. The van der Waals surface area contributed by atoms with Crippen molar-refractivity contribution in [2.75, 3.05) is 18.1 Å². The van der Waals surface area contributed by atoms with Gasteiger partial charge in [0.15, 0.2) is 0 Å². The van der Waals surface area contributed by atoms with Crippen LogP contribution in [0.4, 0.5) is 0 Å². The van der Waals surface area contributed by atoms with E-state index in [1.54, 1.807) is 12.1 Å². The maximum atomic E-state index is 12.1. The van der Waals surface area contributed by atoms with Crippen molar-refractivity contribution in [1.29, 1.82) is 0 Å². The zero-order valence-corrected chi connectivity index (χ0v) is 13.5. The fourth-order valence-corrected chi connectivity index (χ4v) is 5.07. The van der Waals surface area contributed by atoms with Gasteiger partial charge in [-0.3, -0.25) is 4.79 Å². The standard InChI is InChI=1S/C16H17NO3S2/c18-13(14-2-1-7-20-14)10-17-15(19)11-3-5-12(6-4-11)16-21-8-9-22-16/h1-7,13,16,18H,8-10H2,(H,17,19). The number of hydrogen-bond acceptors (Lipinski definition) is 5. The van der Waals surface area contributed by atoms with Gasteiger partial charge in [-0.1, -0.05) is 12.1 Å². The number of furan rings is 1. The molecule has 2 aromatic rings. The van der Waals surface area contributed by atoms with Gasteiger partial charge in [-0.05, 0) is 29.8 Å². The first-order chi connectivity index (χ1) is 10.7. The Kier molecular flexibility index (Phi) is 5.12. The van der Waals surface area contributed by atoms with Crippen LogP contribution < -0.4 is 5.32 Å². The monoisotopic (exact) mass is 335 g/mol. The maximum absolute atomic E-state index is 12.1. The molecule has 1 aromatic heterocycles. The Morgan fingerprint density at radius 1 is 1.27 bits per heavy atom. The Labute approximate surface area is 137 Å². The van der Waals surface area contributed by atoms with Crippen LogP contribution in [0.5, 0.6) is 0 Å². The molecular formula is C16H17NO3S2. The Bertz CT molecular complexity index is 607. The van der Waals surface area contributed by atoms with E-state index < -0.39 is 6.10 Å². The van der Waals surface area contributed by atoms with E-state index in [4.69, 9.17) is 4.42 Å². The van der Waals surface area contributed by atoms with Crippen LogP contribution in [-0.4, -0.2) is 29.1 Å². The molecule has 1 aromatic carbocycles. The Balaban J connectivity index is 1.55. The molecule has 1 unspecified atom stereocenters.